The fourth-order valence-electron chi connectivity index (χ4n) is 3.16. The molecule has 1 aromatic heterocycles. The molecule has 1 aliphatic heterocycles. The van der Waals surface area contributed by atoms with Crippen LogP contribution in [0.3, 0.4) is 0 Å². The molecule has 3 rings (SSSR count). The van der Waals surface area contributed by atoms with E-state index in [1.807, 2.05) is 0 Å². The predicted molar refractivity (Wildman–Crippen MR) is 113 cm³/mol. The van der Waals surface area contributed by atoms with Crippen molar-refractivity contribution in [2.24, 2.45) is 7.05 Å². The van der Waals surface area contributed by atoms with Crippen molar-refractivity contribution in [2.45, 2.75) is 13.0 Å². The molecule has 0 spiro atoms. The highest BCUT2D eigenvalue weighted by Crippen LogP contribution is 2.31. The highest BCUT2D eigenvalue weighted by atomic mass is 35.5. The van der Waals surface area contributed by atoms with Crippen LogP contribution in [0.4, 0.5) is 0 Å². The molecule has 1 saturated heterocycles. The van der Waals surface area contributed by atoms with Crippen LogP contribution in [0.2, 0.25) is 10.0 Å². The lowest BCUT2D eigenvalue weighted by Gasteiger charge is -2.27. The van der Waals surface area contributed by atoms with Crippen LogP contribution in [0.5, 0.6) is 11.6 Å². The monoisotopic (exact) mass is 457 g/mol. The Bertz CT molecular complexity index is 884. The Hall–Kier alpha value is -1.97. The second-order valence-corrected chi connectivity index (χ2v) is 7.87. The fourth-order valence-corrected chi connectivity index (χ4v) is 3.48. The first-order valence-electron chi connectivity index (χ1n) is 9.63. The highest BCUT2D eigenvalue weighted by Gasteiger charge is 2.25. The van der Waals surface area contributed by atoms with E-state index in [0.717, 1.165) is 44.3 Å². The van der Waals surface area contributed by atoms with E-state index < -0.39 is 11.7 Å². The van der Waals surface area contributed by atoms with Crippen molar-refractivity contribution in [1.29, 1.82) is 0 Å². The molecule has 1 fully saturated rings. The summed E-state index contributed by atoms with van der Waals surface area (Å²) < 4.78 is 6.60. The minimum Gasteiger partial charge on any atom is -0.503 e. The lowest BCUT2D eigenvalue weighted by molar-refractivity contribution is -0.132. The number of hydroxylamine groups is 2. The number of carbonyl (C=O) groups is 1. The minimum absolute atomic E-state index is 0.0526. The van der Waals surface area contributed by atoms with Gasteiger partial charge in [0.25, 0.3) is 5.91 Å². The maximum Gasteiger partial charge on any atom is 0.283 e. The number of aryl methyl sites for hydroxylation is 1. The number of amides is 1. The summed E-state index contributed by atoms with van der Waals surface area (Å²) in [5.41, 5.74) is 0.661. The number of hydrogen-bond donors (Lipinski definition) is 2. The third kappa shape index (κ3) is 5.59. The molecular formula is C20H25Cl2N3O5. The van der Waals surface area contributed by atoms with E-state index >= 15 is 0 Å². The largest absolute Gasteiger partial charge is 0.503 e. The van der Waals surface area contributed by atoms with Gasteiger partial charge < -0.3 is 19.5 Å². The van der Waals surface area contributed by atoms with Crippen LogP contribution >= 0.6 is 23.2 Å². The summed E-state index contributed by atoms with van der Waals surface area (Å²) >= 11 is 12.1. The molecule has 1 aliphatic rings. The van der Waals surface area contributed by atoms with Gasteiger partial charge in [0.2, 0.25) is 5.88 Å². The summed E-state index contributed by atoms with van der Waals surface area (Å²) in [4.78, 5) is 21.1. The first-order valence-corrected chi connectivity index (χ1v) is 10.4. The lowest BCUT2D eigenvalue weighted by atomic mass is 10.2. The number of ether oxygens (including phenoxy) is 1. The number of nitrogens with zero attached hydrogens (tertiary/aromatic N) is 3. The maximum atomic E-state index is 13.0. The molecule has 1 aromatic carbocycles. The zero-order valence-corrected chi connectivity index (χ0v) is 18.2. The quantitative estimate of drug-likeness (QED) is 0.467. The maximum absolute atomic E-state index is 13.0. The van der Waals surface area contributed by atoms with Crippen LogP contribution < -0.4 is 0 Å². The van der Waals surface area contributed by atoms with E-state index in [9.17, 15) is 15.0 Å². The average Bonchev–Trinajstić information content (AvgIpc) is 3.00. The van der Waals surface area contributed by atoms with Crippen molar-refractivity contribution in [3.63, 3.8) is 0 Å². The molecule has 0 bridgehead atoms. The molecule has 0 saturated carbocycles. The van der Waals surface area contributed by atoms with Gasteiger partial charge in [-0.05, 0) is 24.1 Å². The number of carbonyl (C=O) groups excluding carboxylic acids is 1. The van der Waals surface area contributed by atoms with E-state index in [4.69, 9.17) is 32.8 Å². The Kier molecular flexibility index (Phi) is 7.85. The van der Waals surface area contributed by atoms with Gasteiger partial charge in [-0.2, -0.15) is 0 Å². The number of halogens is 2. The average molecular weight is 458 g/mol. The summed E-state index contributed by atoms with van der Waals surface area (Å²) in [6, 6.07) is 5.05. The predicted octanol–water partition coefficient (Wildman–Crippen LogP) is 3.04. The molecule has 2 aromatic rings. The van der Waals surface area contributed by atoms with Crippen molar-refractivity contribution < 1.29 is 24.6 Å². The van der Waals surface area contributed by atoms with Crippen LogP contribution in [0.15, 0.2) is 24.4 Å². The van der Waals surface area contributed by atoms with Gasteiger partial charge in [0, 0.05) is 32.9 Å². The van der Waals surface area contributed by atoms with Gasteiger partial charge in [-0.15, -0.1) is 0 Å². The fraction of sp³-hybridized carbons (Fsp3) is 0.450. The molecule has 164 valence electrons. The van der Waals surface area contributed by atoms with E-state index in [0.29, 0.717) is 22.2 Å². The van der Waals surface area contributed by atoms with Crippen LogP contribution in [0.1, 0.15) is 22.3 Å². The first kappa shape index (κ1) is 22.7. The molecule has 0 radical (unpaired) electrons. The molecule has 2 heterocycles. The number of hydrogen-bond acceptors (Lipinski definition) is 6. The second kappa shape index (κ2) is 10.4. The van der Waals surface area contributed by atoms with Crippen LogP contribution in [-0.4, -0.2) is 70.1 Å². The number of morpholine rings is 1. The molecule has 0 unspecified atom stereocenters. The normalized spacial score (nSPS) is 14.8. The third-order valence-electron chi connectivity index (χ3n) is 4.86. The SMILES string of the molecule is Cn1cc(C(=O)N(Cc2ccc(Cl)c(Cl)c2)OCCCN2CCOCC2)c(O)c1O. The van der Waals surface area contributed by atoms with Gasteiger partial charge in [-0.3, -0.25) is 14.5 Å². The van der Waals surface area contributed by atoms with Gasteiger partial charge in [0.15, 0.2) is 5.75 Å². The van der Waals surface area contributed by atoms with Gasteiger partial charge >= 0.3 is 0 Å². The molecule has 10 heteroatoms. The highest BCUT2D eigenvalue weighted by molar-refractivity contribution is 6.42. The number of aromatic hydroxyl groups is 2. The summed E-state index contributed by atoms with van der Waals surface area (Å²) in [6.07, 6.45) is 2.07. The standard InChI is InChI=1S/C20H25Cl2N3O5/c1-23-13-15(18(26)20(23)28)19(27)25(12-14-3-4-16(21)17(22)11-14)30-8-2-5-24-6-9-29-10-7-24/h3-4,11,13,26,28H,2,5-10,12H2,1H3. The molecule has 0 aliphatic carbocycles. The van der Waals surface area contributed by atoms with Gasteiger partial charge in [-0.25, -0.2) is 5.06 Å². The Morgan fingerprint density at radius 3 is 2.60 bits per heavy atom. The van der Waals surface area contributed by atoms with Gasteiger partial charge in [0.1, 0.15) is 5.56 Å². The second-order valence-electron chi connectivity index (χ2n) is 7.06. The Morgan fingerprint density at radius 2 is 1.97 bits per heavy atom. The van der Waals surface area contributed by atoms with Crippen molar-refractivity contribution in [3.8, 4) is 11.6 Å². The molecule has 8 nitrogen and oxygen atoms in total. The van der Waals surface area contributed by atoms with Crippen LogP contribution in [0.25, 0.3) is 0 Å². The number of benzene rings is 1. The Balaban J connectivity index is 1.69. The van der Waals surface area contributed by atoms with E-state index in [1.54, 1.807) is 18.2 Å². The third-order valence-corrected chi connectivity index (χ3v) is 5.60. The zero-order chi connectivity index (χ0) is 21.7. The van der Waals surface area contributed by atoms with Crippen molar-refractivity contribution >= 4 is 29.1 Å². The number of aromatic nitrogens is 1. The van der Waals surface area contributed by atoms with E-state index in [2.05, 4.69) is 4.90 Å². The summed E-state index contributed by atoms with van der Waals surface area (Å²) in [5, 5.41) is 21.9. The number of rotatable bonds is 8. The smallest absolute Gasteiger partial charge is 0.283 e. The molecule has 1 amide bonds. The van der Waals surface area contributed by atoms with E-state index in [1.165, 1.54) is 17.8 Å². The van der Waals surface area contributed by atoms with Crippen LogP contribution in [-0.2, 0) is 23.2 Å². The summed E-state index contributed by atoms with van der Waals surface area (Å²) in [6.45, 7) is 4.44. The van der Waals surface area contributed by atoms with Gasteiger partial charge in [0.05, 0.1) is 36.4 Å². The summed E-state index contributed by atoms with van der Waals surface area (Å²) in [5.74, 6) is -1.44. The topological polar surface area (TPSA) is 87.4 Å². The Labute approximate surface area is 185 Å². The molecule has 0 atom stereocenters. The minimum atomic E-state index is -0.569. The zero-order valence-electron chi connectivity index (χ0n) is 16.7. The van der Waals surface area contributed by atoms with Gasteiger partial charge in [-0.1, -0.05) is 29.3 Å². The lowest BCUT2D eigenvalue weighted by Crippen LogP contribution is -2.37. The van der Waals surface area contributed by atoms with Crippen LogP contribution in [0, 0.1) is 0 Å². The van der Waals surface area contributed by atoms with E-state index in [-0.39, 0.29) is 18.0 Å². The molecule has 2 N–H and O–H groups in total. The van der Waals surface area contributed by atoms with Crippen molar-refractivity contribution in [2.75, 3.05) is 39.5 Å². The summed E-state index contributed by atoms with van der Waals surface area (Å²) in [7, 11) is 1.53. The first-order chi connectivity index (χ1) is 14.4. The van der Waals surface area contributed by atoms with Crippen molar-refractivity contribution in [3.05, 3.63) is 45.6 Å². The van der Waals surface area contributed by atoms with Crippen molar-refractivity contribution in [1.82, 2.24) is 14.5 Å². The molecular weight excluding hydrogens is 433 g/mol. The molecule has 30 heavy (non-hydrogen) atoms. The Morgan fingerprint density at radius 1 is 1.23 bits per heavy atom.